The van der Waals surface area contributed by atoms with Crippen molar-refractivity contribution >= 4 is 0 Å². The third-order valence-electron chi connectivity index (χ3n) is 2.79. The highest BCUT2D eigenvalue weighted by molar-refractivity contribution is 5.36. The van der Waals surface area contributed by atoms with Crippen LogP contribution in [0.4, 0.5) is 0 Å². The topological polar surface area (TPSA) is 4.93 Å². The molecule has 0 saturated heterocycles. The van der Waals surface area contributed by atoms with Gasteiger partial charge in [0.05, 0.1) is 0 Å². The fraction of sp³-hybridized carbons (Fsp3) is 0.600. The molecule has 1 rings (SSSR count). The van der Waals surface area contributed by atoms with Gasteiger partial charge >= 0.3 is 0 Å². The van der Waals surface area contributed by atoms with E-state index in [0.717, 1.165) is 6.42 Å². The van der Waals surface area contributed by atoms with Crippen molar-refractivity contribution in [3.05, 3.63) is 22.5 Å². The van der Waals surface area contributed by atoms with Gasteiger partial charge in [-0.05, 0) is 38.3 Å². The highest BCUT2D eigenvalue weighted by Gasteiger charge is 2.08. The van der Waals surface area contributed by atoms with Crippen LogP contribution in [0.3, 0.4) is 0 Å². The van der Waals surface area contributed by atoms with E-state index in [2.05, 4.69) is 39.3 Å². The van der Waals surface area contributed by atoms with Crippen LogP contribution in [0.15, 0.2) is 0 Å². The van der Waals surface area contributed by atoms with Gasteiger partial charge in [0.15, 0.2) is 0 Å². The fourth-order valence-corrected chi connectivity index (χ4v) is 1.72. The van der Waals surface area contributed by atoms with Crippen LogP contribution in [-0.4, -0.2) is 4.57 Å². The Hall–Kier alpha value is -0.720. The molecule has 0 amide bonds. The summed E-state index contributed by atoms with van der Waals surface area (Å²) in [6, 6.07) is 0. The van der Waals surface area contributed by atoms with Crippen molar-refractivity contribution < 1.29 is 0 Å². The summed E-state index contributed by atoms with van der Waals surface area (Å²) < 4.78 is 2.27. The molecule has 0 spiro atoms. The minimum atomic E-state index is 1.15. The Labute approximate surface area is 69.0 Å². The molecular formula is C10H17N. The van der Waals surface area contributed by atoms with E-state index >= 15 is 0 Å². The lowest BCUT2D eigenvalue weighted by Gasteiger charge is -1.99. The molecule has 0 aromatic carbocycles. The van der Waals surface area contributed by atoms with Crippen molar-refractivity contribution in [3.8, 4) is 0 Å². The first kappa shape index (κ1) is 8.38. The molecule has 1 aromatic heterocycles. The van der Waals surface area contributed by atoms with Crippen LogP contribution in [0.2, 0.25) is 0 Å². The fourth-order valence-electron chi connectivity index (χ4n) is 1.72. The van der Waals surface area contributed by atoms with E-state index in [1.54, 1.807) is 0 Å². The van der Waals surface area contributed by atoms with Gasteiger partial charge in [-0.15, -0.1) is 0 Å². The van der Waals surface area contributed by atoms with Crippen LogP contribution in [0.1, 0.15) is 29.4 Å². The van der Waals surface area contributed by atoms with E-state index < -0.39 is 0 Å². The number of aromatic nitrogens is 1. The number of rotatable bonds is 1. The molecule has 0 saturated carbocycles. The van der Waals surface area contributed by atoms with Crippen LogP contribution in [0, 0.1) is 20.8 Å². The summed E-state index contributed by atoms with van der Waals surface area (Å²) in [5, 5.41) is 0. The van der Waals surface area contributed by atoms with Gasteiger partial charge in [-0.1, -0.05) is 6.92 Å². The molecule has 0 aliphatic carbocycles. The maximum Gasteiger partial charge on any atom is 0.0178 e. The van der Waals surface area contributed by atoms with E-state index in [9.17, 15) is 0 Å². The Morgan fingerprint density at radius 2 is 1.64 bits per heavy atom. The molecule has 11 heavy (non-hydrogen) atoms. The van der Waals surface area contributed by atoms with Crippen LogP contribution < -0.4 is 0 Å². The molecule has 1 aromatic rings. The zero-order valence-electron chi connectivity index (χ0n) is 8.15. The van der Waals surface area contributed by atoms with Crippen LogP contribution >= 0.6 is 0 Å². The van der Waals surface area contributed by atoms with Crippen molar-refractivity contribution in [1.29, 1.82) is 0 Å². The predicted molar refractivity (Wildman–Crippen MR) is 49.0 cm³/mol. The zero-order chi connectivity index (χ0) is 8.59. The third kappa shape index (κ3) is 1.09. The maximum absolute atomic E-state index is 2.27. The first-order valence-electron chi connectivity index (χ1n) is 4.21. The second kappa shape index (κ2) is 2.72. The van der Waals surface area contributed by atoms with E-state index in [1.165, 1.54) is 22.5 Å². The number of nitrogens with zero attached hydrogens (tertiary/aromatic N) is 1. The Morgan fingerprint density at radius 1 is 1.09 bits per heavy atom. The summed E-state index contributed by atoms with van der Waals surface area (Å²) in [7, 11) is 2.14. The van der Waals surface area contributed by atoms with Crippen LogP contribution in [0.5, 0.6) is 0 Å². The average molecular weight is 151 g/mol. The predicted octanol–water partition coefficient (Wildman–Crippen LogP) is 2.51. The lowest BCUT2D eigenvalue weighted by molar-refractivity contribution is 0.834. The van der Waals surface area contributed by atoms with Gasteiger partial charge in [0, 0.05) is 18.4 Å². The quantitative estimate of drug-likeness (QED) is 0.581. The molecule has 0 bridgehead atoms. The van der Waals surface area contributed by atoms with Gasteiger partial charge < -0.3 is 4.57 Å². The molecule has 62 valence electrons. The standard InChI is InChI=1S/C10H17N/c1-6-10-7(2)8(3)11(5)9(10)4/h6H2,1-5H3. The van der Waals surface area contributed by atoms with Gasteiger partial charge in [0.2, 0.25) is 0 Å². The second-order valence-electron chi connectivity index (χ2n) is 3.19. The summed E-state index contributed by atoms with van der Waals surface area (Å²) in [4.78, 5) is 0. The summed E-state index contributed by atoms with van der Waals surface area (Å²) in [6.07, 6.45) is 1.15. The van der Waals surface area contributed by atoms with E-state index in [4.69, 9.17) is 0 Å². The Balaban J connectivity index is 3.36. The molecule has 1 nitrogen and oxygen atoms in total. The maximum atomic E-state index is 2.27. The van der Waals surface area contributed by atoms with Crippen molar-refractivity contribution in [2.24, 2.45) is 7.05 Å². The second-order valence-corrected chi connectivity index (χ2v) is 3.19. The summed E-state index contributed by atoms with van der Waals surface area (Å²) in [5.41, 5.74) is 5.80. The summed E-state index contributed by atoms with van der Waals surface area (Å²) in [5.74, 6) is 0. The molecule has 0 aliphatic heterocycles. The lowest BCUT2D eigenvalue weighted by atomic mass is 10.1. The lowest BCUT2D eigenvalue weighted by Crippen LogP contribution is -1.93. The normalized spacial score (nSPS) is 10.6. The summed E-state index contributed by atoms with van der Waals surface area (Å²) >= 11 is 0. The molecule has 1 heteroatoms. The minimum absolute atomic E-state index is 1.15. The molecule has 0 N–H and O–H groups in total. The van der Waals surface area contributed by atoms with Gasteiger partial charge in [0.25, 0.3) is 0 Å². The highest BCUT2D eigenvalue weighted by atomic mass is 15.0. The minimum Gasteiger partial charge on any atom is -0.352 e. The number of hydrogen-bond donors (Lipinski definition) is 0. The average Bonchev–Trinajstić information content (AvgIpc) is 2.17. The van der Waals surface area contributed by atoms with Crippen molar-refractivity contribution in [2.45, 2.75) is 34.1 Å². The third-order valence-corrected chi connectivity index (χ3v) is 2.79. The molecule has 0 unspecified atom stereocenters. The van der Waals surface area contributed by atoms with E-state index in [-0.39, 0.29) is 0 Å². The Morgan fingerprint density at radius 3 is 1.82 bits per heavy atom. The first-order chi connectivity index (χ1) is 5.09. The Bertz CT molecular complexity index is 243. The van der Waals surface area contributed by atoms with Crippen molar-refractivity contribution in [2.75, 3.05) is 0 Å². The van der Waals surface area contributed by atoms with Gasteiger partial charge in [-0.3, -0.25) is 0 Å². The molecule has 1 heterocycles. The van der Waals surface area contributed by atoms with Gasteiger partial charge in [0.1, 0.15) is 0 Å². The zero-order valence-corrected chi connectivity index (χ0v) is 8.15. The molecule has 0 aliphatic rings. The van der Waals surface area contributed by atoms with E-state index in [0.29, 0.717) is 0 Å². The molecule has 0 atom stereocenters. The monoisotopic (exact) mass is 151 g/mol. The highest BCUT2D eigenvalue weighted by Crippen LogP contribution is 2.19. The van der Waals surface area contributed by atoms with Crippen LogP contribution in [-0.2, 0) is 13.5 Å². The van der Waals surface area contributed by atoms with Gasteiger partial charge in [-0.2, -0.15) is 0 Å². The molecule has 0 radical (unpaired) electrons. The largest absolute Gasteiger partial charge is 0.352 e. The van der Waals surface area contributed by atoms with Gasteiger partial charge in [-0.25, -0.2) is 0 Å². The first-order valence-corrected chi connectivity index (χ1v) is 4.21. The SMILES string of the molecule is CCc1c(C)c(C)n(C)c1C. The van der Waals surface area contributed by atoms with Crippen LogP contribution in [0.25, 0.3) is 0 Å². The molecular weight excluding hydrogens is 134 g/mol. The smallest absolute Gasteiger partial charge is 0.0178 e. The Kier molecular flexibility index (Phi) is 2.08. The molecule has 0 fully saturated rings. The number of hydrogen-bond acceptors (Lipinski definition) is 0. The van der Waals surface area contributed by atoms with Crippen molar-refractivity contribution in [3.63, 3.8) is 0 Å². The summed E-state index contributed by atoms with van der Waals surface area (Å²) in [6.45, 7) is 8.80. The van der Waals surface area contributed by atoms with Crippen molar-refractivity contribution in [1.82, 2.24) is 4.57 Å². The van der Waals surface area contributed by atoms with E-state index in [1.807, 2.05) is 0 Å².